The third-order valence-electron chi connectivity index (χ3n) is 8.19. The van der Waals surface area contributed by atoms with Gasteiger partial charge in [0.25, 0.3) is 30.4 Å². The Labute approximate surface area is 305 Å². The summed E-state index contributed by atoms with van der Waals surface area (Å²) in [4.78, 5) is -0.869. The molecule has 0 aliphatic rings. The molecule has 53 heavy (non-hydrogen) atoms. The van der Waals surface area contributed by atoms with E-state index in [2.05, 4.69) is 16.0 Å². The third-order valence-corrected chi connectivity index (χ3v) is 10.8. The summed E-state index contributed by atoms with van der Waals surface area (Å²) in [6.45, 7) is 0. The summed E-state index contributed by atoms with van der Waals surface area (Å²) in [5.41, 5.74) is 2.03. The summed E-state index contributed by atoms with van der Waals surface area (Å²) in [5, 5.41) is 21.7. The van der Waals surface area contributed by atoms with Gasteiger partial charge in [0, 0.05) is 28.4 Å². The number of nitrogens with one attached hydrogen (secondary N) is 3. The number of para-hydroxylation sites is 1. The zero-order valence-corrected chi connectivity index (χ0v) is 29.8. The molecule has 0 aromatic heterocycles. The Morgan fingerprint density at radius 2 is 0.774 bits per heavy atom. The van der Waals surface area contributed by atoms with Crippen LogP contribution in [0.4, 0.5) is 34.1 Å². The molecule has 16 heteroatoms. The molecule has 272 valence electrons. The van der Waals surface area contributed by atoms with Crippen LogP contribution >= 0.6 is 0 Å². The first-order valence-electron chi connectivity index (χ1n) is 15.6. The maximum absolute atomic E-state index is 12.6. The molecule has 0 bridgehead atoms. The highest BCUT2D eigenvalue weighted by Crippen LogP contribution is 2.39. The van der Waals surface area contributed by atoms with E-state index in [1.54, 1.807) is 91.0 Å². The largest absolute Gasteiger partial charge is 0.376 e. The first-order chi connectivity index (χ1) is 25.0. The van der Waals surface area contributed by atoms with E-state index in [9.17, 15) is 44.0 Å². The fourth-order valence-corrected chi connectivity index (χ4v) is 7.34. The number of hydrogen-bond acceptors (Lipinski definition) is 10. The highest BCUT2D eigenvalue weighted by Gasteiger charge is 2.34. The SMILES string of the molecule is O=S(=O)(O)c1cccc(Nc2ccc(C(O)(c3ccc(Nc4cccc(S(=O)(=O)O)c4)cc3)c3ccc(Nc4ccccc4S(=O)(=O)O)cc3)cc2)c1. The molecule has 0 fully saturated rings. The average molecular weight is 774 g/mol. The van der Waals surface area contributed by atoms with Gasteiger partial charge in [-0.25, -0.2) is 0 Å². The molecule has 6 aromatic carbocycles. The summed E-state index contributed by atoms with van der Waals surface area (Å²) in [6, 6.07) is 37.1. The minimum atomic E-state index is -4.51. The second-order valence-electron chi connectivity index (χ2n) is 11.8. The molecule has 0 amide bonds. The summed E-state index contributed by atoms with van der Waals surface area (Å²) in [7, 11) is -13.3. The zero-order chi connectivity index (χ0) is 38.0. The van der Waals surface area contributed by atoms with E-state index in [0.717, 1.165) is 0 Å². The number of hydrogen-bond donors (Lipinski definition) is 7. The molecule has 7 N–H and O–H groups in total. The fourth-order valence-electron chi connectivity index (χ4n) is 5.64. The molecule has 0 saturated heterocycles. The molecule has 6 rings (SSSR count). The number of benzene rings is 6. The lowest BCUT2D eigenvalue weighted by Crippen LogP contribution is -2.28. The van der Waals surface area contributed by atoms with Gasteiger partial charge < -0.3 is 21.1 Å². The summed E-state index contributed by atoms with van der Waals surface area (Å²) in [5.74, 6) is 0. The summed E-state index contributed by atoms with van der Waals surface area (Å²) in [6.07, 6.45) is 0. The minimum absolute atomic E-state index is 0.147. The van der Waals surface area contributed by atoms with Crippen molar-refractivity contribution in [3.05, 3.63) is 162 Å². The van der Waals surface area contributed by atoms with E-state index in [1.165, 1.54) is 54.6 Å². The Balaban J connectivity index is 1.34. The molecular formula is C37H31N3O10S3. The molecule has 6 aromatic rings. The van der Waals surface area contributed by atoms with E-state index < -0.39 is 36.0 Å². The highest BCUT2D eigenvalue weighted by molar-refractivity contribution is 7.86. The molecule has 0 unspecified atom stereocenters. The van der Waals surface area contributed by atoms with Gasteiger partial charge in [-0.2, -0.15) is 25.3 Å². The van der Waals surface area contributed by atoms with E-state index >= 15 is 0 Å². The van der Waals surface area contributed by atoms with Gasteiger partial charge in [0.1, 0.15) is 10.5 Å². The second-order valence-corrected chi connectivity index (χ2v) is 16.0. The number of anilines is 6. The van der Waals surface area contributed by atoms with Crippen LogP contribution in [0.25, 0.3) is 0 Å². The van der Waals surface area contributed by atoms with Crippen LogP contribution < -0.4 is 16.0 Å². The molecule has 0 heterocycles. The Hall–Kier alpha value is -5.59. The number of aliphatic hydroxyl groups is 1. The molecular weight excluding hydrogens is 743 g/mol. The number of rotatable bonds is 12. The van der Waals surface area contributed by atoms with Gasteiger partial charge in [0.05, 0.1) is 15.5 Å². The predicted molar refractivity (Wildman–Crippen MR) is 200 cm³/mol. The topological polar surface area (TPSA) is 219 Å². The van der Waals surface area contributed by atoms with Gasteiger partial charge in [-0.1, -0.05) is 60.7 Å². The van der Waals surface area contributed by atoms with Crippen LogP contribution in [0.15, 0.2) is 160 Å². The maximum atomic E-state index is 12.6. The van der Waals surface area contributed by atoms with Crippen molar-refractivity contribution in [3.8, 4) is 0 Å². The van der Waals surface area contributed by atoms with Crippen LogP contribution in [-0.2, 0) is 36.0 Å². The lowest BCUT2D eigenvalue weighted by Gasteiger charge is -2.31. The highest BCUT2D eigenvalue weighted by atomic mass is 32.2. The van der Waals surface area contributed by atoms with Crippen molar-refractivity contribution >= 4 is 64.5 Å². The smallest absolute Gasteiger partial charge is 0.296 e. The molecule has 0 aliphatic heterocycles. The Morgan fingerprint density at radius 3 is 1.15 bits per heavy atom. The second kappa shape index (κ2) is 14.4. The average Bonchev–Trinajstić information content (AvgIpc) is 3.12. The van der Waals surface area contributed by atoms with Crippen molar-refractivity contribution < 1.29 is 44.0 Å². The van der Waals surface area contributed by atoms with Crippen LogP contribution in [0.5, 0.6) is 0 Å². The first-order valence-corrected chi connectivity index (χ1v) is 19.9. The molecule has 13 nitrogen and oxygen atoms in total. The first kappa shape index (κ1) is 37.2. The quantitative estimate of drug-likeness (QED) is 0.0496. The Bertz CT molecular complexity index is 2500. The van der Waals surface area contributed by atoms with Crippen molar-refractivity contribution in [2.45, 2.75) is 20.3 Å². The molecule has 0 atom stereocenters. The van der Waals surface area contributed by atoms with Crippen molar-refractivity contribution in [3.63, 3.8) is 0 Å². The van der Waals surface area contributed by atoms with Crippen LogP contribution in [0, 0.1) is 0 Å². The van der Waals surface area contributed by atoms with Gasteiger partial charge >= 0.3 is 0 Å². The Morgan fingerprint density at radius 1 is 0.396 bits per heavy atom. The minimum Gasteiger partial charge on any atom is -0.376 e. The van der Waals surface area contributed by atoms with E-state index in [-0.39, 0.29) is 20.4 Å². The van der Waals surface area contributed by atoms with E-state index in [0.29, 0.717) is 45.1 Å². The van der Waals surface area contributed by atoms with Crippen molar-refractivity contribution in [2.24, 2.45) is 0 Å². The van der Waals surface area contributed by atoms with Crippen LogP contribution in [0.1, 0.15) is 16.7 Å². The fraction of sp³-hybridized carbons (Fsp3) is 0.0270. The normalized spacial score (nSPS) is 12.2. The monoisotopic (exact) mass is 773 g/mol. The zero-order valence-electron chi connectivity index (χ0n) is 27.3. The van der Waals surface area contributed by atoms with Gasteiger partial charge in [-0.3, -0.25) is 13.7 Å². The lowest BCUT2D eigenvalue weighted by atomic mass is 9.80. The molecule has 0 spiro atoms. The standard InChI is InChI=1S/C37H31N3O10S3/c41-37(25-11-17-28(18-12-25)38-31-5-3-7-33(23-31)51(42,43)44,26-13-19-29(20-14-26)39-32-6-4-8-34(24-32)52(45,46)47)27-15-21-30(22-16-27)40-35-9-1-2-10-36(35)53(48,49)50/h1-24,38-41H,(H,42,43,44)(H,45,46,47)(H,48,49,50). The lowest BCUT2D eigenvalue weighted by molar-refractivity contribution is 0.126. The van der Waals surface area contributed by atoms with Gasteiger partial charge in [0.2, 0.25) is 0 Å². The van der Waals surface area contributed by atoms with Crippen LogP contribution in [0.3, 0.4) is 0 Å². The van der Waals surface area contributed by atoms with E-state index in [1.807, 2.05) is 0 Å². The summed E-state index contributed by atoms with van der Waals surface area (Å²) >= 11 is 0. The molecule has 0 aliphatic carbocycles. The maximum Gasteiger partial charge on any atom is 0.296 e. The summed E-state index contributed by atoms with van der Waals surface area (Å²) < 4.78 is 98.8. The molecule has 0 radical (unpaired) electrons. The molecule has 0 saturated carbocycles. The van der Waals surface area contributed by atoms with Crippen LogP contribution in [0.2, 0.25) is 0 Å². The van der Waals surface area contributed by atoms with Crippen molar-refractivity contribution in [1.82, 2.24) is 0 Å². The third kappa shape index (κ3) is 8.56. The Kier molecular flexibility index (Phi) is 10.1. The van der Waals surface area contributed by atoms with Crippen LogP contribution in [-0.4, -0.2) is 44.0 Å². The predicted octanol–water partition coefficient (Wildman–Crippen LogP) is 6.94. The van der Waals surface area contributed by atoms with Gasteiger partial charge in [-0.15, -0.1) is 0 Å². The van der Waals surface area contributed by atoms with Gasteiger partial charge in [-0.05, 0) is 102 Å². The van der Waals surface area contributed by atoms with Crippen molar-refractivity contribution in [2.75, 3.05) is 16.0 Å². The van der Waals surface area contributed by atoms with E-state index in [4.69, 9.17) is 0 Å². The van der Waals surface area contributed by atoms with Crippen molar-refractivity contribution in [1.29, 1.82) is 0 Å². The van der Waals surface area contributed by atoms with Gasteiger partial charge in [0.15, 0.2) is 0 Å².